The van der Waals surface area contributed by atoms with E-state index in [4.69, 9.17) is 28.2 Å². The van der Waals surface area contributed by atoms with Crippen LogP contribution in [0.3, 0.4) is 0 Å². The fraction of sp³-hybridized carbons (Fsp3) is 0.304. The largest absolute Gasteiger partial charge is 0.388 e. The van der Waals surface area contributed by atoms with Crippen LogP contribution in [-0.4, -0.2) is 72.0 Å². The van der Waals surface area contributed by atoms with Crippen LogP contribution in [0.1, 0.15) is 62.3 Å². The lowest BCUT2D eigenvalue weighted by Crippen LogP contribution is -2.25. The molecule has 116 heavy (non-hydrogen) atoms. The molecule has 2 fully saturated rings. The van der Waals surface area contributed by atoms with Gasteiger partial charge in [0.05, 0.1) is 75.7 Å². The molecule has 0 amide bonds. The van der Waals surface area contributed by atoms with E-state index in [9.17, 15) is 14.7 Å². The number of benzene rings is 2. The average Bonchev–Trinajstić information content (AvgIpc) is 1.69. The van der Waals surface area contributed by atoms with E-state index in [0.29, 0.717) is 34.5 Å². The second-order valence-corrected chi connectivity index (χ2v) is 233. The maximum Gasteiger partial charge on any atom is 0.329 e. The highest BCUT2D eigenvalue weighted by Gasteiger charge is 2.59. The van der Waals surface area contributed by atoms with E-state index in [0.717, 1.165) is 123 Å². The summed E-state index contributed by atoms with van der Waals surface area (Å²) in [4.78, 5) is 53.3. The lowest BCUT2D eigenvalue weighted by atomic mass is 10.3. The van der Waals surface area contributed by atoms with Gasteiger partial charge < -0.3 is 28.4 Å². The van der Waals surface area contributed by atoms with Crippen LogP contribution in [0.5, 0.6) is 0 Å². The average molecular weight is 2550 g/mol. The number of imidazole rings is 6. The molecule has 0 radical (unpaired) electrons. The normalized spacial score (nSPS) is 14.8. The van der Waals surface area contributed by atoms with Gasteiger partial charge in [0.2, 0.25) is 0 Å². The Balaban J connectivity index is 0.000000196. The van der Waals surface area contributed by atoms with E-state index in [1.165, 1.54) is 0 Å². The van der Waals surface area contributed by atoms with Crippen molar-refractivity contribution in [1.82, 2.24) is 66.9 Å². The van der Waals surface area contributed by atoms with Gasteiger partial charge in [-0.15, -0.1) is 232 Å². The number of aromatic nitrogens is 14. The summed E-state index contributed by atoms with van der Waals surface area (Å²) in [5, 5.41) is 10.7. The summed E-state index contributed by atoms with van der Waals surface area (Å²) in [6, 6.07) is 15.9. The maximum absolute atomic E-state index is 13.4. The monoisotopic (exact) mass is 2550 g/mol. The number of halogens is 2. The molecular weight excluding hydrogens is 2450 g/mol. The van der Waals surface area contributed by atoms with Gasteiger partial charge in [-0.25, -0.2) is 29.5 Å². The lowest BCUT2D eigenvalue weighted by molar-refractivity contribution is 0.265. The highest BCUT2D eigenvalue weighted by Crippen LogP contribution is 3.46. The van der Waals surface area contributed by atoms with Gasteiger partial charge in [0.25, 0.3) is 0 Å². The molecule has 2 aliphatic rings. The van der Waals surface area contributed by atoms with Crippen molar-refractivity contribution >= 4 is 475 Å². The molecule has 0 bridgehead atoms. The Labute approximate surface area is 781 Å². The van der Waals surface area contributed by atoms with E-state index < -0.39 is 0 Å². The number of aliphatic hydroxyl groups excluding tert-OH is 1. The Kier molecular flexibility index (Phi) is 56.9. The SMILES string of the molecule is O=c1[nH]c2cnccc2n1C1CC1.O=c1n(Cc2nc3cc(Cl)ccc3n2CCCn2ccnc2)c2cnccc2n1C1CC1.OCc1nc2cc(Cl)ccc2n1CCCn1ccnc1.PPP(P)P(P(P(P)P)P(P)P)P(P(P(P)P)P(P)P)P(P(P(P(P)P)P(P)P)P(P(P)P)P(P)P)P(P(P(P)P)P(P)P)P(P(P)P)P(P)P. The Morgan fingerprint density at radius 1 is 0.414 bits per heavy atom. The molecule has 640 valence electrons. The first kappa shape index (κ1) is 115. The van der Waals surface area contributed by atoms with Gasteiger partial charge in [-0.05, 0) is 255 Å². The summed E-state index contributed by atoms with van der Waals surface area (Å²) in [7, 11) is 91.7. The molecule has 8 heterocycles. The first-order valence-electron chi connectivity index (χ1n) is 33.3. The number of nitrogens with one attached hydrogen (secondary N) is 1. The molecule has 2 aliphatic carbocycles. The van der Waals surface area contributed by atoms with Gasteiger partial charge in [0.1, 0.15) is 18.3 Å². The number of hydrogen-bond acceptors (Lipinski definition) is 9. The number of fused-ring (bicyclic) bond motifs is 4. The molecule has 2 saturated carbocycles. The summed E-state index contributed by atoms with van der Waals surface area (Å²) < 4.78 is 13.9. The summed E-state index contributed by atoms with van der Waals surface area (Å²) >= 11 is 12.2. The van der Waals surface area contributed by atoms with Crippen LogP contribution in [0.2, 0.25) is 10.0 Å². The van der Waals surface area contributed by atoms with Crippen molar-refractivity contribution < 1.29 is 5.11 Å². The molecule has 30 atom stereocenters. The first-order valence-corrected chi connectivity index (χ1v) is 127. The number of nitrogens with zero attached hydrogens (tertiary/aromatic N) is 13. The predicted octanol–water partition coefficient (Wildman–Crippen LogP) is 37.1. The van der Waals surface area contributed by atoms with Crippen LogP contribution < -0.4 is 11.4 Å². The Bertz CT molecular complexity index is 4690. The zero-order valence-electron chi connectivity index (χ0n) is 61.6. The molecule has 2 aromatic carbocycles. The predicted molar refractivity (Wildman–Crippen MR) is 676 cm³/mol. The zero-order chi connectivity index (χ0) is 85.0. The van der Waals surface area contributed by atoms with Crippen molar-refractivity contribution in [2.45, 2.75) is 89.9 Å². The molecular formula is C46H99Cl2N14O3P51. The molecule has 8 aromatic heterocycles. The van der Waals surface area contributed by atoms with Crippen LogP contribution in [-0.2, 0) is 39.3 Å². The molecule has 30 unspecified atom stereocenters. The van der Waals surface area contributed by atoms with Gasteiger partial charge in [0.15, 0.2) is 0 Å². The maximum atomic E-state index is 13.4. The topological polar surface area (TPSA) is 182 Å². The van der Waals surface area contributed by atoms with Crippen LogP contribution in [0.25, 0.3) is 44.1 Å². The minimum Gasteiger partial charge on any atom is -0.388 e. The van der Waals surface area contributed by atoms with Crippen LogP contribution in [0.15, 0.2) is 120 Å². The van der Waals surface area contributed by atoms with Gasteiger partial charge in [-0.1, -0.05) is 31.2 Å². The molecule has 17 nitrogen and oxygen atoms in total. The molecule has 10 aromatic rings. The van der Waals surface area contributed by atoms with Crippen molar-refractivity contribution in [2.75, 3.05) is 0 Å². The number of hydrogen-bond donors (Lipinski definition) is 2. The quantitative estimate of drug-likeness (QED) is 0.0358. The van der Waals surface area contributed by atoms with Crippen molar-refractivity contribution in [1.29, 1.82) is 0 Å². The van der Waals surface area contributed by atoms with Gasteiger partial charge >= 0.3 is 11.4 Å². The highest BCUT2D eigenvalue weighted by atomic mass is 35.5. The van der Waals surface area contributed by atoms with Crippen LogP contribution >= 0.6 is 431 Å². The number of H-pyrrole nitrogens is 1. The van der Waals surface area contributed by atoms with Gasteiger partial charge in [-0.3, -0.25) is 23.7 Å². The first-order chi connectivity index (χ1) is 55.0. The van der Waals surface area contributed by atoms with E-state index >= 15 is 0 Å². The van der Waals surface area contributed by atoms with E-state index in [1.807, 2.05) is 85.5 Å². The number of aryl methyl sites for hydroxylation is 4. The number of pyridine rings is 2. The molecule has 12 rings (SSSR count). The van der Waals surface area contributed by atoms with Gasteiger partial charge in [-0.2, -0.15) is 0 Å². The Morgan fingerprint density at radius 2 is 0.784 bits per heavy atom. The third-order valence-corrected chi connectivity index (χ3v) is 369. The van der Waals surface area contributed by atoms with Crippen molar-refractivity contribution in [2.24, 2.45) is 0 Å². The number of aromatic amines is 1. The third kappa shape index (κ3) is 32.6. The highest BCUT2D eigenvalue weighted by molar-refractivity contribution is 9.52. The van der Waals surface area contributed by atoms with E-state index in [2.05, 4.69) is 271 Å². The molecule has 0 saturated heterocycles. The Hall–Kier alpha value is 15.1. The third-order valence-electron chi connectivity index (χ3n) is 16.2. The van der Waals surface area contributed by atoms with Crippen LogP contribution in [0, 0.1) is 0 Å². The summed E-state index contributed by atoms with van der Waals surface area (Å²) in [6.07, 6.45) is 24.2. The molecule has 0 aliphatic heterocycles. The smallest absolute Gasteiger partial charge is 0.329 e. The second-order valence-electron chi connectivity index (χ2n) is 24.3. The number of rotatable bonds is 37. The molecule has 0 spiro atoms. The Morgan fingerprint density at radius 3 is 1.17 bits per heavy atom. The molecule has 2 N–H and O–H groups in total. The minimum atomic E-state index is -0.200. The number of aliphatic hydroxyl groups is 1. The van der Waals surface area contributed by atoms with Crippen LogP contribution in [0.4, 0.5) is 0 Å². The fourth-order valence-corrected chi connectivity index (χ4v) is 733. The van der Waals surface area contributed by atoms with E-state index in [1.54, 1.807) is 48.1 Å². The summed E-state index contributed by atoms with van der Waals surface area (Å²) in [5.41, 5.74) is 7.28. The van der Waals surface area contributed by atoms with Crippen molar-refractivity contribution in [3.05, 3.63) is 153 Å². The van der Waals surface area contributed by atoms with Gasteiger partial charge in [0, 0.05) is 85.5 Å². The molecule has 70 heteroatoms. The minimum absolute atomic E-state index is 0.00514. The van der Waals surface area contributed by atoms with Crippen molar-refractivity contribution in [3.63, 3.8) is 0 Å². The zero-order valence-corrected chi connectivity index (χ0v) is 116. The summed E-state index contributed by atoms with van der Waals surface area (Å²) in [6.45, 7) is -0.186. The van der Waals surface area contributed by atoms with Crippen molar-refractivity contribution in [3.8, 4) is 0 Å². The summed E-state index contributed by atoms with van der Waals surface area (Å²) in [5.74, 6) is 1.52. The lowest BCUT2D eigenvalue weighted by Gasteiger charge is -2.58. The van der Waals surface area contributed by atoms with E-state index in [-0.39, 0.29) is 186 Å². The standard InChI is InChI=1S/C23H22ClN7O.C14H15ClN4O.C9H9N3O.H53P51/c24-16-2-5-19-18(12-16)27-22(29(19)10-1-9-28-11-8-26-15-28)14-30-21-13-25-7-6-20(21)31(23(30)32)17-3-4-17;15-11-2-3-13-12(8-11)17-14(9-20)19(13)6-1-5-18-7-4-16-10-18;13-9-11-7-5-10-4-3-8(7)12(9)6-1-2-6;1-27-40(26)47(41(28(2)3)29(4)5)50(46(38(22)23)39(24)25)51(48(42(30(6)7)31(8)9)43(32(10)11)33(12)13)49(44(34(14)15)35(16)17)45(36(18)19)37(20)21/h2,5-8,11-13,15,17H,1,3-4,9-10,14H2;2-4,7-8,10,20H,1,5-6,9H2;3-6H,1-2H2,(H,11,13);27H,1-26H2. The fourth-order valence-electron chi connectivity index (χ4n) is 11.5. The second kappa shape index (κ2) is 57.6.